The van der Waals surface area contributed by atoms with E-state index in [1.54, 1.807) is 24.4 Å². The van der Waals surface area contributed by atoms with Gasteiger partial charge in [0.2, 0.25) is 0 Å². The Morgan fingerprint density at radius 3 is 2.62 bits per heavy atom. The predicted molar refractivity (Wildman–Crippen MR) is 59.1 cm³/mol. The summed E-state index contributed by atoms with van der Waals surface area (Å²) >= 11 is 0. The van der Waals surface area contributed by atoms with E-state index in [0.717, 1.165) is 0 Å². The third kappa shape index (κ3) is 1.70. The Bertz CT molecular complexity index is 629. The molecule has 0 fully saturated rings. The molecule has 0 aliphatic carbocycles. The van der Waals surface area contributed by atoms with Crippen LogP contribution in [0.25, 0.3) is 5.65 Å². The predicted octanol–water partition coefficient (Wildman–Crippen LogP) is 1.70. The minimum Gasteiger partial charge on any atom is -0.288 e. The number of aromatic nitrogens is 2. The fraction of sp³-hybridized carbons (Fsp3) is 0.300. The maximum atomic E-state index is 11.3. The van der Waals surface area contributed by atoms with Crippen molar-refractivity contribution in [3.05, 3.63) is 30.1 Å². The third-order valence-electron chi connectivity index (χ3n) is 2.30. The first-order valence-corrected chi connectivity index (χ1v) is 6.29. The van der Waals surface area contributed by atoms with Crippen LogP contribution in [0.3, 0.4) is 0 Å². The number of hydrogen-bond donors (Lipinski definition) is 1. The van der Waals surface area contributed by atoms with Crippen LogP contribution in [-0.2, 0) is 10.1 Å². The second kappa shape index (κ2) is 3.57. The molecule has 16 heavy (non-hydrogen) atoms. The normalized spacial score (nSPS) is 12.5. The first-order valence-electron chi connectivity index (χ1n) is 4.85. The molecule has 0 atom stereocenters. The molecule has 2 aromatic heterocycles. The monoisotopic (exact) mass is 240 g/mol. The van der Waals surface area contributed by atoms with Crippen molar-refractivity contribution >= 4 is 15.8 Å². The smallest absolute Gasteiger partial charge is 0.288 e. The van der Waals surface area contributed by atoms with Gasteiger partial charge in [0.15, 0.2) is 5.03 Å². The number of fused-ring (bicyclic) bond motifs is 1. The average Bonchev–Trinajstić information content (AvgIpc) is 2.55. The maximum absolute atomic E-state index is 11.3. The van der Waals surface area contributed by atoms with Crippen LogP contribution in [0, 0.1) is 0 Å². The molecule has 0 saturated heterocycles. The Hall–Kier alpha value is -1.40. The van der Waals surface area contributed by atoms with E-state index < -0.39 is 10.1 Å². The highest BCUT2D eigenvalue weighted by Crippen LogP contribution is 2.24. The SMILES string of the molecule is CC(C)c1nc2ccccn2c1S(=O)(=O)O. The third-order valence-corrected chi connectivity index (χ3v) is 3.20. The minimum absolute atomic E-state index is 0.0724. The van der Waals surface area contributed by atoms with E-state index in [-0.39, 0.29) is 10.9 Å². The second-order valence-electron chi connectivity index (χ2n) is 3.86. The summed E-state index contributed by atoms with van der Waals surface area (Å²) in [4.78, 5) is 4.20. The molecule has 2 aromatic rings. The number of nitrogens with zero attached hydrogens (tertiary/aromatic N) is 2. The molecule has 2 heterocycles. The van der Waals surface area contributed by atoms with Crippen LogP contribution >= 0.6 is 0 Å². The average molecular weight is 240 g/mol. The van der Waals surface area contributed by atoms with Crippen molar-refractivity contribution in [1.29, 1.82) is 0 Å². The number of imidazole rings is 1. The zero-order valence-corrected chi connectivity index (χ0v) is 9.77. The van der Waals surface area contributed by atoms with Gasteiger partial charge in [0, 0.05) is 6.20 Å². The van der Waals surface area contributed by atoms with Crippen molar-refractivity contribution in [3.63, 3.8) is 0 Å². The molecule has 1 N–H and O–H groups in total. The summed E-state index contributed by atoms with van der Waals surface area (Å²) in [5.41, 5.74) is 0.896. The lowest BCUT2D eigenvalue weighted by atomic mass is 10.2. The molecular formula is C10H12N2O3S. The zero-order chi connectivity index (χ0) is 11.9. The van der Waals surface area contributed by atoms with Crippen molar-refractivity contribution in [1.82, 2.24) is 9.38 Å². The molecule has 0 aliphatic rings. The maximum Gasteiger partial charge on any atom is 0.312 e. The summed E-state index contributed by atoms with van der Waals surface area (Å²) in [5.74, 6) is -0.0724. The largest absolute Gasteiger partial charge is 0.312 e. The Morgan fingerprint density at radius 1 is 1.38 bits per heavy atom. The summed E-state index contributed by atoms with van der Waals surface area (Å²) < 4.78 is 33.3. The molecule has 0 bridgehead atoms. The van der Waals surface area contributed by atoms with Gasteiger partial charge < -0.3 is 0 Å². The van der Waals surface area contributed by atoms with E-state index in [1.165, 1.54) is 4.40 Å². The van der Waals surface area contributed by atoms with Gasteiger partial charge in [-0.25, -0.2) is 4.98 Å². The fourth-order valence-corrected chi connectivity index (χ4v) is 2.57. The van der Waals surface area contributed by atoms with Crippen LogP contribution in [0.1, 0.15) is 25.5 Å². The van der Waals surface area contributed by atoms with Crippen molar-refractivity contribution < 1.29 is 13.0 Å². The molecule has 5 nitrogen and oxygen atoms in total. The van der Waals surface area contributed by atoms with E-state index in [4.69, 9.17) is 0 Å². The van der Waals surface area contributed by atoms with E-state index in [2.05, 4.69) is 4.98 Å². The van der Waals surface area contributed by atoms with Gasteiger partial charge in [-0.2, -0.15) is 8.42 Å². The van der Waals surface area contributed by atoms with Crippen molar-refractivity contribution in [2.75, 3.05) is 0 Å². The van der Waals surface area contributed by atoms with E-state index >= 15 is 0 Å². The van der Waals surface area contributed by atoms with Gasteiger partial charge in [-0.1, -0.05) is 19.9 Å². The fourth-order valence-electron chi connectivity index (χ4n) is 1.62. The Balaban J connectivity index is 2.91. The first-order chi connectivity index (χ1) is 7.41. The van der Waals surface area contributed by atoms with Crippen molar-refractivity contribution in [2.24, 2.45) is 0 Å². The summed E-state index contributed by atoms with van der Waals surface area (Å²) in [7, 11) is -4.26. The highest BCUT2D eigenvalue weighted by atomic mass is 32.2. The molecule has 0 aromatic carbocycles. The van der Waals surface area contributed by atoms with E-state index in [0.29, 0.717) is 11.3 Å². The first kappa shape index (κ1) is 11.1. The molecule has 0 radical (unpaired) electrons. The lowest BCUT2D eigenvalue weighted by Crippen LogP contribution is -2.06. The van der Waals surface area contributed by atoms with Crippen LogP contribution in [0.5, 0.6) is 0 Å². The standard InChI is InChI=1S/C10H12N2O3S/c1-7(2)9-10(16(13,14)15)12-6-4-3-5-8(12)11-9/h3-7H,1-2H3,(H,13,14,15). The Morgan fingerprint density at radius 2 is 2.06 bits per heavy atom. The van der Waals surface area contributed by atoms with Crippen molar-refractivity contribution in [3.8, 4) is 0 Å². The highest BCUT2D eigenvalue weighted by molar-refractivity contribution is 7.85. The van der Waals surface area contributed by atoms with Gasteiger partial charge >= 0.3 is 10.1 Å². The number of hydrogen-bond acceptors (Lipinski definition) is 3. The Labute approximate surface area is 93.5 Å². The topological polar surface area (TPSA) is 71.7 Å². The van der Waals surface area contributed by atoms with E-state index in [1.807, 2.05) is 13.8 Å². The summed E-state index contributed by atoms with van der Waals surface area (Å²) in [6.45, 7) is 3.66. The van der Waals surface area contributed by atoms with Gasteiger partial charge in [-0.15, -0.1) is 0 Å². The summed E-state index contributed by atoms with van der Waals surface area (Å²) in [6, 6.07) is 5.15. The molecular weight excluding hydrogens is 228 g/mol. The molecule has 6 heteroatoms. The Kier molecular flexibility index (Phi) is 2.47. The van der Waals surface area contributed by atoms with Crippen molar-refractivity contribution in [2.45, 2.75) is 24.8 Å². The molecule has 0 unspecified atom stereocenters. The molecule has 0 aliphatic heterocycles. The van der Waals surface area contributed by atoms with Gasteiger partial charge in [0.1, 0.15) is 5.65 Å². The molecule has 86 valence electrons. The minimum atomic E-state index is -4.26. The highest BCUT2D eigenvalue weighted by Gasteiger charge is 2.24. The molecule has 0 amide bonds. The van der Waals surface area contributed by atoms with Crippen LogP contribution in [0.4, 0.5) is 0 Å². The van der Waals surface area contributed by atoms with Gasteiger partial charge in [0.25, 0.3) is 0 Å². The lowest BCUT2D eigenvalue weighted by Gasteiger charge is -2.03. The lowest BCUT2D eigenvalue weighted by molar-refractivity contribution is 0.476. The summed E-state index contributed by atoms with van der Waals surface area (Å²) in [6.07, 6.45) is 1.57. The van der Waals surface area contributed by atoms with Crippen LogP contribution < -0.4 is 0 Å². The van der Waals surface area contributed by atoms with Crippen LogP contribution in [-0.4, -0.2) is 22.4 Å². The second-order valence-corrected chi connectivity index (χ2v) is 5.20. The summed E-state index contributed by atoms with van der Waals surface area (Å²) in [5, 5.41) is -0.141. The number of rotatable bonds is 2. The zero-order valence-electron chi connectivity index (χ0n) is 8.95. The van der Waals surface area contributed by atoms with Gasteiger partial charge in [-0.3, -0.25) is 8.95 Å². The molecule has 0 saturated carbocycles. The molecule has 0 spiro atoms. The number of pyridine rings is 1. The van der Waals surface area contributed by atoms with E-state index in [9.17, 15) is 13.0 Å². The quantitative estimate of drug-likeness (QED) is 0.811. The van der Waals surface area contributed by atoms with Gasteiger partial charge in [0.05, 0.1) is 5.69 Å². The van der Waals surface area contributed by atoms with Gasteiger partial charge in [-0.05, 0) is 18.1 Å². The van der Waals surface area contributed by atoms with Crippen LogP contribution in [0.15, 0.2) is 29.4 Å². The van der Waals surface area contributed by atoms with Crippen LogP contribution in [0.2, 0.25) is 0 Å². The molecule has 2 rings (SSSR count).